The van der Waals surface area contributed by atoms with E-state index in [-0.39, 0.29) is 0 Å². The van der Waals surface area contributed by atoms with Gasteiger partial charge < -0.3 is 19.9 Å². The summed E-state index contributed by atoms with van der Waals surface area (Å²) in [5.41, 5.74) is 6.71. The van der Waals surface area contributed by atoms with Crippen LogP contribution < -0.4 is 10.5 Å². The summed E-state index contributed by atoms with van der Waals surface area (Å²) in [4.78, 5) is 6.82. The molecule has 23 heavy (non-hydrogen) atoms. The summed E-state index contributed by atoms with van der Waals surface area (Å²) in [6, 6.07) is 8.28. The maximum Gasteiger partial charge on any atom is 0.139 e. The molecule has 1 aliphatic heterocycles. The van der Waals surface area contributed by atoms with E-state index in [2.05, 4.69) is 45.8 Å². The molecule has 0 spiro atoms. The fourth-order valence-electron chi connectivity index (χ4n) is 2.99. The highest BCUT2D eigenvalue weighted by atomic mass is 16.5. The van der Waals surface area contributed by atoms with Crippen molar-refractivity contribution >= 4 is 0 Å². The van der Waals surface area contributed by atoms with Gasteiger partial charge in [0.2, 0.25) is 0 Å². The van der Waals surface area contributed by atoms with Crippen molar-refractivity contribution in [2.45, 2.75) is 31.9 Å². The third-order valence-corrected chi connectivity index (χ3v) is 4.40. The number of aromatic nitrogens is 2. The summed E-state index contributed by atoms with van der Waals surface area (Å²) < 4.78 is 8.25. The van der Waals surface area contributed by atoms with Gasteiger partial charge in [-0.15, -0.1) is 0 Å². The summed E-state index contributed by atoms with van der Waals surface area (Å²) in [5.74, 6) is 1.94. The standard InChI is InChI=1S/C18H26N4O/c1-21-12-7-17(8-13-21)23-16-5-3-15(4-6-16)18-20-10-14-22(18)11-2-9-19/h3-6,10,14,17H,2,7-9,11-13,19H2,1H3. The molecule has 2 heterocycles. The van der Waals surface area contributed by atoms with Crippen molar-refractivity contribution in [1.82, 2.24) is 14.5 Å². The number of rotatable bonds is 6. The monoisotopic (exact) mass is 314 g/mol. The molecular formula is C18H26N4O. The van der Waals surface area contributed by atoms with Gasteiger partial charge in [-0.25, -0.2) is 4.98 Å². The molecule has 2 N–H and O–H groups in total. The van der Waals surface area contributed by atoms with Crippen LogP contribution in [0.2, 0.25) is 0 Å². The Kier molecular flexibility index (Phi) is 5.31. The maximum atomic E-state index is 6.10. The van der Waals surface area contributed by atoms with E-state index in [0.717, 1.165) is 56.0 Å². The number of ether oxygens (including phenoxy) is 1. The molecule has 0 radical (unpaired) electrons. The average molecular weight is 314 g/mol. The van der Waals surface area contributed by atoms with Gasteiger partial charge in [-0.1, -0.05) is 0 Å². The lowest BCUT2D eigenvalue weighted by Gasteiger charge is -2.29. The molecule has 3 rings (SSSR count). The Bertz CT molecular complexity index is 600. The Balaban J connectivity index is 1.64. The number of nitrogens with two attached hydrogens (primary N) is 1. The maximum absolute atomic E-state index is 6.10. The van der Waals surface area contributed by atoms with Gasteiger partial charge in [-0.3, -0.25) is 0 Å². The molecule has 5 nitrogen and oxygen atoms in total. The average Bonchev–Trinajstić information content (AvgIpc) is 3.04. The van der Waals surface area contributed by atoms with E-state index in [1.165, 1.54) is 0 Å². The number of hydrogen-bond acceptors (Lipinski definition) is 4. The minimum atomic E-state index is 0.337. The molecule has 0 amide bonds. The van der Waals surface area contributed by atoms with Crippen LogP contribution in [-0.2, 0) is 6.54 Å². The Hall–Kier alpha value is -1.85. The normalized spacial score (nSPS) is 16.6. The number of benzene rings is 1. The first-order valence-corrected chi connectivity index (χ1v) is 8.43. The number of aryl methyl sites for hydroxylation is 1. The van der Waals surface area contributed by atoms with E-state index < -0.39 is 0 Å². The Morgan fingerprint density at radius 2 is 1.96 bits per heavy atom. The molecule has 5 heteroatoms. The van der Waals surface area contributed by atoms with Crippen LogP contribution in [0.25, 0.3) is 11.4 Å². The van der Waals surface area contributed by atoms with Gasteiger partial charge in [0.05, 0.1) is 0 Å². The molecule has 1 aromatic carbocycles. The zero-order valence-electron chi connectivity index (χ0n) is 13.8. The van der Waals surface area contributed by atoms with Crippen LogP contribution in [0.15, 0.2) is 36.7 Å². The molecular weight excluding hydrogens is 288 g/mol. The number of piperidine rings is 1. The highest BCUT2D eigenvalue weighted by Crippen LogP contribution is 2.23. The van der Waals surface area contributed by atoms with E-state index in [9.17, 15) is 0 Å². The van der Waals surface area contributed by atoms with Crippen molar-refractivity contribution in [3.63, 3.8) is 0 Å². The van der Waals surface area contributed by atoms with Gasteiger partial charge in [0.25, 0.3) is 0 Å². The highest BCUT2D eigenvalue weighted by molar-refractivity contribution is 5.56. The highest BCUT2D eigenvalue weighted by Gasteiger charge is 2.18. The van der Waals surface area contributed by atoms with Gasteiger partial charge in [0, 0.05) is 37.6 Å². The second kappa shape index (κ2) is 7.62. The molecule has 0 aliphatic carbocycles. The fraction of sp³-hybridized carbons (Fsp3) is 0.500. The number of imidazole rings is 1. The minimum absolute atomic E-state index is 0.337. The number of nitrogens with zero attached hydrogens (tertiary/aromatic N) is 3. The van der Waals surface area contributed by atoms with Crippen molar-refractivity contribution in [3.05, 3.63) is 36.7 Å². The second-order valence-corrected chi connectivity index (χ2v) is 6.23. The number of likely N-dealkylation sites (tertiary alicyclic amines) is 1. The van der Waals surface area contributed by atoms with Crippen molar-refractivity contribution in [3.8, 4) is 17.1 Å². The third-order valence-electron chi connectivity index (χ3n) is 4.40. The summed E-state index contributed by atoms with van der Waals surface area (Å²) in [7, 11) is 2.16. The van der Waals surface area contributed by atoms with Crippen molar-refractivity contribution in [1.29, 1.82) is 0 Å². The van der Waals surface area contributed by atoms with Gasteiger partial charge in [0.15, 0.2) is 0 Å². The first kappa shape index (κ1) is 16.0. The van der Waals surface area contributed by atoms with Crippen LogP contribution in [-0.4, -0.2) is 47.2 Å². The molecule has 124 valence electrons. The lowest BCUT2D eigenvalue weighted by molar-refractivity contribution is 0.114. The van der Waals surface area contributed by atoms with Crippen LogP contribution >= 0.6 is 0 Å². The van der Waals surface area contributed by atoms with Gasteiger partial charge in [-0.2, -0.15) is 0 Å². The first-order valence-electron chi connectivity index (χ1n) is 8.43. The first-order chi connectivity index (χ1) is 11.3. The van der Waals surface area contributed by atoms with Gasteiger partial charge in [-0.05, 0) is 57.1 Å². The fourth-order valence-corrected chi connectivity index (χ4v) is 2.99. The zero-order chi connectivity index (χ0) is 16.1. The van der Waals surface area contributed by atoms with Crippen LogP contribution in [0.5, 0.6) is 5.75 Å². The smallest absolute Gasteiger partial charge is 0.139 e. The molecule has 0 atom stereocenters. The summed E-state index contributed by atoms with van der Waals surface area (Å²) in [6.45, 7) is 3.82. The molecule has 0 unspecified atom stereocenters. The quantitative estimate of drug-likeness (QED) is 0.889. The zero-order valence-corrected chi connectivity index (χ0v) is 13.8. The minimum Gasteiger partial charge on any atom is -0.490 e. The van der Waals surface area contributed by atoms with Crippen molar-refractivity contribution < 1.29 is 4.74 Å². The summed E-state index contributed by atoms with van der Waals surface area (Å²) in [6.07, 6.45) is 7.34. The lowest BCUT2D eigenvalue weighted by Crippen LogP contribution is -2.35. The van der Waals surface area contributed by atoms with Crippen LogP contribution in [0, 0.1) is 0 Å². The Morgan fingerprint density at radius 1 is 1.22 bits per heavy atom. The third kappa shape index (κ3) is 4.12. The van der Waals surface area contributed by atoms with Gasteiger partial charge in [0.1, 0.15) is 17.7 Å². The van der Waals surface area contributed by atoms with Crippen molar-refractivity contribution in [2.24, 2.45) is 5.73 Å². The SMILES string of the molecule is CN1CCC(Oc2ccc(-c3nccn3CCCN)cc2)CC1. The summed E-state index contributed by atoms with van der Waals surface area (Å²) >= 11 is 0. The molecule has 1 aliphatic rings. The van der Waals surface area contributed by atoms with Crippen molar-refractivity contribution in [2.75, 3.05) is 26.7 Å². The lowest BCUT2D eigenvalue weighted by atomic mass is 10.1. The molecule has 0 bridgehead atoms. The molecule has 1 fully saturated rings. The largest absolute Gasteiger partial charge is 0.490 e. The van der Waals surface area contributed by atoms with E-state index in [1.54, 1.807) is 0 Å². The van der Waals surface area contributed by atoms with E-state index in [0.29, 0.717) is 12.6 Å². The van der Waals surface area contributed by atoms with Crippen LogP contribution in [0.1, 0.15) is 19.3 Å². The summed E-state index contributed by atoms with van der Waals surface area (Å²) in [5, 5.41) is 0. The van der Waals surface area contributed by atoms with E-state index in [1.807, 2.05) is 12.4 Å². The molecule has 2 aromatic rings. The molecule has 1 saturated heterocycles. The Morgan fingerprint density at radius 3 is 2.65 bits per heavy atom. The Labute approximate surface area is 138 Å². The number of hydrogen-bond donors (Lipinski definition) is 1. The van der Waals surface area contributed by atoms with E-state index >= 15 is 0 Å². The van der Waals surface area contributed by atoms with Crippen LogP contribution in [0.3, 0.4) is 0 Å². The van der Waals surface area contributed by atoms with Crippen LogP contribution in [0.4, 0.5) is 0 Å². The van der Waals surface area contributed by atoms with E-state index in [4.69, 9.17) is 10.5 Å². The topological polar surface area (TPSA) is 56.3 Å². The predicted octanol–water partition coefficient (Wildman–Crippen LogP) is 2.37. The van der Waals surface area contributed by atoms with Gasteiger partial charge >= 0.3 is 0 Å². The predicted molar refractivity (Wildman–Crippen MR) is 92.5 cm³/mol. The second-order valence-electron chi connectivity index (χ2n) is 6.23. The molecule has 1 aromatic heterocycles. The molecule has 0 saturated carbocycles.